The van der Waals surface area contributed by atoms with E-state index in [1.807, 2.05) is 53.4 Å². The third-order valence-electron chi connectivity index (χ3n) is 5.56. The van der Waals surface area contributed by atoms with Gasteiger partial charge in [0.2, 0.25) is 5.91 Å². The van der Waals surface area contributed by atoms with Gasteiger partial charge in [0.05, 0.1) is 19.8 Å². The summed E-state index contributed by atoms with van der Waals surface area (Å²) in [7, 11) is 1.60. The van der Waals surface area contributed by atoms with Crippen molar-refractivity contribution in [2.75, 3.05) is 13.7 Å². The number of nitrogens with zero attached hydrogens (tertiary/aromatic N) is 1. The summed E-state index contributed by atoms with van der Waals surface area (Å²) in [5.41, 5.74) is 2.53. The lowest BCUT2D eigenvalue weighted by molar-refractivity contribution is -0.165. The number of rotatable bonds is 7. The summed E-state index contributed by atoms with van der Waals surface area (Å²) in [4.78, 5) is 35.9. The minimum atomic E-state index is -0.794. The van der Waals surface area contributed by atoms with Crippen LogP contribution in [-0.4, -0.2) is 59.3 Å². The fraction of sp³-hybridized carbons (Fsp3) is 0.375. The molecular weight excluding hydrogens is 428 g/mol. The van der Waals surface area contributed by atoms with Crippen molar-refractivity contribution >= 4 is 18.3 Å². The van der Waals surface area contributed by atoms with Crippen LogP contribution in [-0.2, 0) is 32.3 Å². The number of aliphatic hydroxyl groups excluding tert-OH is 1. The van der Waals surface area contributed by atoms with Crippen LogP contribution in [0.1, 0.15) is 35.6 Å². The second-order valence-corrected chi connectivity index (χ2v) is 7.78. The first-order chi connectivity index (χ1) is 16.0. The number of hydrogen-bond donors (Lipinski definition) is 3. The lowest BCUT2D eigenvalue weighted by atomic mass is 9.96. The molecule has 1 heterocycles. The van der Waals surface area contributed by atoms with Crippen LogP contribution in [0.3, 0.4) is 0 Å². The second-order valence-electron chi connectivity index (χ2n) is 7.78. The molecule has 9 nitrogen and oxygen atoms in total. The molecule has 2 fully saturated rings. The maximum Gasteiger partial charge on any atom is 0.290 e. The van der Waals surface area contributed by atoms with Gasteiger partial charge in [-0.15, -0.1) is 0 Å². The van der Waals surface area contributed by atoms with E-state index in [9.17, 15) is 14.7 Å². The van der Waals surface area contributed by atoms with E-state index in [1.165, 1.54) is 0 Å². The van der Waals surface area contributed by atoms with Crippen LogP contribution in [0.2, 0.25) is 0 Å². The van der Waals surface area contributed by atoms with Gasteiger partial charge in [-0.1, -0.05) is 36.4 Å². The zero-order chi connectivity index (χ0) is 23.8. The molecule has 0 radical (unpaired) electrons. The van der Waals surface area contributed by atoms with E-state index in [2.05, 4.69) is 5.32 Å². The SMILES string of the molecule is COc1ccc([C@@H]2[C@@H](C(=O)NCc3cccc(CO)c3)OCC(=O)N2C2CC2)cc1.O=CO. The van der Waals surface area contributed by atoms with Crippen LogP contribution in [0.15, 0.2) is 48.5 Å². The van der Waals surface area contributed by atoms with Crippen molar-refractivity contribution in [3.63, 3.8) is 0 Å². The summed E-state index contributed by atoms with van der Waals surface area (Å²) in [5.74, 6) is 0.367. The van der Waals surface area contributed by atoms with Crippen molar-refractivity contribution in [1.82, 2.24) is 10.2 Å². The first-order valence-corrected chi connectivity index (χ1v) is 10.6. The Morgan fingerprint density at radius 1 is 1.21 bits per heavy atom. The van der Waals surface area contributed by atoms with E-state index in [1.54, 1.807) is 7.11 Å². The van der Waals surface area contributed by atoms with Crippen molar-refractivity contribution in [2.45, 2.75) is 44.2 Å². The summed E-state index contributed by atoms with van der Waals surface area (Å²) in [6.45, 7) is -0.0774. The van der Waals surface area contributed by atoms with Gasteiger partial charge in [0.15, 0.2) is 6.10 Å². The number of amides is 2. The Balaban J connectivity index is 0.000000968. The summed E-state index contributed by atoms with van der Waals surface area (Å²) in [6.07, 6.45) is 1.10. The lowest BCUT2D eigenvalue weighted by Crippen LogP contribution is -2.55. The van der Waals surface area contributed by atoms with Gasteiger partial charge >= 0.3 is 0 Å². The lowest BCUT2D eigenvalue weighted by Gasteiger charge is -2.40. The van der Waals surface area contributed by atoms with Gasteiger partial charge in [-0.25, -0.2) is 0 Å². The van der Waals surface area contributed by atoms with Crippen LogP contribution in [0.4, 0.5) is 0 Å². The van der Waals surface area contributed by atoms with Gasteiger partial charge in [-0.3, -0.25) is 14.4 Å². The quantitative estimate of drug-likeness (QED) is 0.541. The molecule has 3 N–H and O–H groups in total. The van der Waals surface area contributed by atoms with Gasteiger partial charge in [0.25, 0.3) is 12.4 Å². The number of carbonyl (C=O) groups is 3. The van der Waals surface area contributed by atoms with Crippen molar-refractivity contribution in [1.29, 1.82) is 0 Å². The largest absolute Gasteiger partial charge is 0.497 e. The predicted octanol–water partition coefficient (Wildman–Crippen LogP) is 1.64. The number of benzene rings is 2. The molecule has 2 aliphatic rings. The Bertz CT molecular complexity index is 960. The Kier molecular flexibility index (Phi) is 8.39. The van der Waals surface area contributed by atoms with E-state index in [0.29, 0.717) is 12.3 Å². The Hall–Kier alpha value is -3.43. The highest BCUT2D eigenvalue weighted by atomic mass is 16.5. The van der Waals surface area contributed by atoms with Crippen LogP contribution in [0.25, 0.3) is 0 Å². The molecule has 0 spiro atoms. The van der Waals surface area contributed by atoms with Crippen molar-refractivity contribution in [3.05, 3.63) is 65.2 Å². The minimum absolute atomic E-state index is 0.0501. The number of hydrogen-bond acceptors (Lipinski definition) is 6. The third kappa shape index (κ3) is 6.09. The number of methoxy groups -OCH3 is 1. The Labute approximate surface area is 191 Å². The zero-order valence-electron chi connectivity index (χ0n) is 18.3. The topological polar surface area (TPSA) is 125 Å². The number of ether oxygens (including phenoxy) is 2. The van der Waals surface area contributed by atoms with E-state index in [0.717, 1.165) is 29.5 Å². The summed E-state index contributed by atoms with van der Waals surface area (Å²) < 4.78 is 11.0. The smallest absolute Gasteiger partial charge is 0.290 e. The fourth-order valence-electron chi connectivity index (χ4n) is 3.89. The van der Waals surface area contributed by atoms with Crippen molar-refractivity contribution < 1.29 is 34.1 Å². The summed E-state index contributed by atoms with van der Waals surface area (Å²) in [5, 5.41) is 19.1. The molecule has 2 amide bonds. The highest BCUT2D eigenvalue weighted by molar-refractivity contribution is 5.86. The standard InChI is InChI=1S/C23H26N2O5.CH2O2/c1-29-19-9-5-17(6-10-19)21-22(30-14-20(27)25(21)18-7-8-18)23(28)24-12-15-3-2-4-16(11-15)13-26;2-1-3/h2-6,9-11,18,21-22,26H,7-8,12-14H2,1H3,(H,24,28);1H,(H,2,3)/t21-,22+;/m1./s1. The maximum atomic E-state index is 13.1. The molecule has 1 saturated carbocycles. The molecule has 4 rings (SSSR count). The Morgan fingerprint density at radius 3 is 2.48 bits per heavy atom. The van der Waals surface area contributed by atoms with Crippen molar-refractivity contribution in [3.8, 4) is 5.75 Å². The molecule has 2 aromatic rings. The molecule has 33 heavy (non-hydrogen) atoms. The molecule has 2 aromatic carbocycles. The first kappa shape index (κ1) is 24.2. The number of carbonyl (C=O) groups excluding carboxylic acids is 2. The van der Waals surface area contributed by atoms with Gasteiger partial charge in [0.1, 0.15) is 12.4 Å². The highest BCUT2D eigenvalue weighted by Gasteiger charge is 2.47. The van der Waals surface area contributed by atoms with E-state index in [4.69, 9.17) is 19.4 Å². The monoisotopic (exact) mass is 456 g/mol. The first-order valence-electron chi connectivity index (χ1n) is 10.6. The molecule has 0 unspecified atom stereocenters. The molecule has 176 valence electrons. The fourth-order valence-corrected chi connectivity index (χ4v) is 3.89. The molecule has 1 saturated heterocycles. The molecule has 0 aromatic heterocycles. The van der Waals surface area contributed by atoms with Gasteiger partial charge in [0, 0.05) is 12.6 Å². The van der Waals surface area contributed by atoms with Gasteiger partial charge < -0.3 is 29.9 Å². The molecule has 1 aliphatic heterocycles. The molecular formula is C24H28N2O7. The van der Waals surface area contributed by atoms with Gasteiger partial charge in [-0.2, -0.15) is 0 Å². The Morgan fingerprint density at radius 2 is 1.88 bits per heavy atom. The highest BCUT2D eigenvalue weighted by Crippen LogP contribution is 2.39. The average Bonchev–Trinajstić information content (AvgIpc) is 3.68. The van der Waals surface area contributed by atoms with E-state index < -0.39 is 12.1 Å². The van der Waals surface area contributed by atoms with Crippen LogP contribution in [0, 0.1) is 0 Å². The second kappa shape index (κ2) is 11.4. The molecule has 0 bridgehead atoms. The number of morpholine rings is 1. The van der Waals surface area contributed by atoms with E-state index >= 15 is 0 Å². The molecule has 1 aliphatic carbocycles. The van der Waals surface area contributed by atoms with E-state index in [-0.39, 0.29) is 37.5 Å². The minimum Gasteiger partial charge on any atom is -0.497 e. The normalized spacial score (nSPS) is 19.8. The van der Waals surface area contributed by atoms with Crippen LogP contribution >= 0.6 is 0 Å². The van der Waals surface area contributed by atoms with Crippen molar-refractivity contribution in [2.24, 2.45) is 0 Å². The summed E-state index contributed by atoms with van der Waals surface area (Å²) >= 11 is 0. The number of nitrogens with one attached hydrogen (secondary N) is 1. The predicted molar refractivity (Wildman–Crippen MR) is 118 cm³/mol. The zero-order valence-corrected chi connectivity index (χ0v) is 18.3. The van der Waals surface area contributed by atoms with Gasteiger partial charge in [-0.05, 0) is 41.7 Å². The van der Waals surface area contributed by atoms with Crippen LogP contribution in [0.5, 0.6) is 5.75 Å². The molecule has 9 heteroatoms. The third-order valence-corrected chi connectivity index (χ3v) is 5.56. The molecule has 2 atom stereocenters. The summed E-state index contributed by atoms with van der Waals surface area (Å²) in [6, 6.07) is 14.5. The maximum absolute atomic E-state index is 13.1. The van der Waals surface area contributed by atoms with Crippen LogP contribution < -0.4 is 10.1 Å². The average molecular weight is 456 g/mol. The number of carboxylic acid groups (broad SMARTS) is 1. The number of aliphatic hydroxyl groups is 1.